The highest BCUT2D eigenvalue weighted by atomic mass is 14.7. The second-order valence-corrected chi connectivity index (χ2v) is 3.63. The van der Waals surface area contributed by atoms with Crippen molar-refractivity contribution in [3.8, 4) is 6.07 Å². The molecule has 0 aliphatic heterocycles. The van der Waals surface area contributed by atoms with E-state index in [9.17, 15) is 0 Å². The van der Waals surface area contributed by atoms with Crippen LogP contribution in [-0.2, 0) is 6.54 Å². The lowest BCUT2D eigenvalue weighted by atomic mass is 10.1. The van der Waals surface area contributed by atoms with Gasteiger partial charge in [-0.05, 0) is 5.56 Å². The predicted molar refractivity (Wildman–Crippen MR) is 68.7 cm³/mol. The van der Waals surface area contributed by atoms with Gasteiger partial charge in [-0.15, -0.1) is 0 Å². The van der Waals surface area contributed by atoms with E-state index in [0.717, 1.165) is 11.1 Å². The minimum absolute atomic E-state index is 0.481. The molecule has 0 aliphatic rings. The number of hydrogen-bond acceptors (Lipinski definition) is 2. The van der Waals surface area contributed by atoms with Crippen LogP contribution in [-0.4, -0.2) is 5.71 Å². The molecular weight excluding hydrogens is 208 g/mol. The van der Waals surface area contributed by atoms with E-state index in [4.69, 9.17) is 5.26 Å². The molecular formula is C15H12N2. The molecule has 82 valence electrons. The number of nitrogens with zero attached hydrogens (tertiary/aromatic N) is 2. The first-order valence-electron chi connectivity index (χ1n) is 5.44. The number of aliphatic imine (C=N–C) groups is 1. The van der Waals surface area contributed by atoms with Crippen LogP contribution in [0, 0.1) is 11.3 Å². The van der Waals surface area contributed by atoms with Gasteiger partial charge >= 0.3 is 0 Å². The lowest BCUT2D eigenvalue weighted by Gasteiger charge is -1.99. The lowest BCUT2D eigenvalue weighted by molar-refractivity contribution is 1.07. The Kier molecular flexibility index (Phi) is 3.67. The Labute approximate surface area is 101 Å². The highest BCUT2D eigenvalue weighted by Gasteiger charge is 2.00. The van der Waals surface area contributed by atoms with E-state index in [-0.39, 0.29) is 0 Å². The SMILES string of the molecule is N#CC(=NCc1ccccc1)c1ccccc1. The van der Waals surface area contributed by atoms with Crippen LogP contribution < -0.4 is 0 Å². The molecule has 0 saturated carbocycles. The summed E-state index contributed by atoms with van der Waals surface area (Å²) in [5.74, 6) is 0. The van der Waals surface area contributed by atoms with Gasteiger partial charge in [-0.3, -0.25) is 4.99 Å². The molecule has 0 unspecified atom stereocenters. The quantitative estimate of drug-likeness (QED) is 0.732. The molecule has 0 radical (unpaired) electrons. The van der Waals surface area contributed by atoms with Crippen molar-refractivity contribution in [1.82, 2.24) is 0 Å². The van der Waals surface area contributed by atoms with Crippen LogP contribution in [0.25, 0.3) is 0 Å². The Balaban J connectivity index is 2.18. The van der Waals surface area contributed by atoms with E-state index in [1.54, 1.807) is 0 Å². The summed E-state index contributed by atoms with van der Waals surface area (Å²) in [6.45, 7) is 0.540. The summed E-state index contributed by atoms with van der Waals surface area (Å²) >= 11 is 0. The molecule has 2 aromatic rings. The minimum atomic E-state index is 0.481. The zero-order chi connectivity index (χ0) is 11.9. The molecule has 0 amide bonds. The highest BCUT2D eigenvalue weighted by Crippen LogP contribution is 2.05. The van der Waals surface area contributed by atoms with E-state index >= 15 is 0 Å². The van der Waals surface area contributed by atoms with E-state index in [1.165, 1.54) is 0 Å². The summed E-state index contributed by atoms with van der Waals surface area (Å²) < 4.78 is 0. The Morgan fingerprint density at radius 2 is 1.53 bits per heavy atom. The summed E-state index contributed by atoms with van der Waals surface area (Å²) in [7, 11) is 0. The van der Waals surface area contributed by atoms with Gasteiger partial charge in [0.15, 0.2) is 0 Å². The molecule has 0 aliphatic carbocycles. The third-order valence-electron chi connectivity index (χ3n) is 2.42. The average molecular weight is 220 g/mol. The van der Waals surface area contributed by atoms with Gasteiger partial charge in [0.25, 0.3) is 0 Å². The van der Waals surface area contributed by atoms with Crippen LogP contribution in [0.5, 0.6) is 0 Å². The largest absolute Gasteiger partial charge is 0.269 e. The van der Waals surface area contributed by atoms with Crippen molar-refractivity contribution in [3.63, 3.8) is 0 Å². The first-order valence-corrected chi connectivity index (χ1v) is 5.44. The van der Waals surface area contributed by atoms with Gasteiger partial charge in [-0.25, -0.2) is 0 Å². The topological polar surface area (TPSA) is 36.1 Å². The monoisotopic (exact) mass is 220 g/mol. The fourth-order valence-corrected chi connectivity index (χ4v) is 1.54. The van der Waals surface area contributed by atoms with Gasteiger partial charge < -0.3 is 0 Å². The van der Waals surface area contributed by atoms with E-state index in [2.05, 4.69) is 11.1 Å². The van der Waals surface area contributed by atoms with Crippen LogP contribution >= 0.6 is 0 Å². The highest BCUT2D eigenvalue weighted by molar-refractivity contribution is 6.11. The minimum Gasteiger partial charge on any atom is -0.269 e. The molecule has 0 atom stereocenters. The van der Waals surface area contributed by atoms with Crippen molar-refractivity contribution >= 4 is 5.71 Å². The normalized spacial score (nSPS) is 10.9. The van der Waals surface area contributed by atoms with Crippen LogP contribution in [0.2, 0.25) is 0 Å². The maximum absolute atomic E-state index is 9.08. The van der Waals surface area contributed by atoms with Crippen LogP contribution in [0.1, 0.15) is 11.1 Å². The Bertz CT molecular complexity index is 536. The van der Waals surface area contributed by atoms with Gasteiger partial charge in [-0.1, -0.05) is 60.7 Å². The van der Waals surface area contributed by atoms with Crippen LogP contribution in [0.4, 0.5) is 0 Å². The number of rotatable bonds is 3. The van der Waals surface area contributed by atoms with E-state index < -0.39 is 0 Å². The maximum atomic E-state index is 9.08. The Morgan fingerprint density at radius 1 is 0.941 bits per heavy atom. The van der Waals surface area contributed by atoms with Crippen molar-refractivity contribution in [3.05, 3.63) is 71.8 Å². The smallest absolute Gasteiger partial charge is 0.142 e. The first-order chi connectivity index (χ1) is 8.40. The molecule has 2 nitrogen and oxygen atoms in total. The fourth-order valence-electron chi connectivity index (χ4n) is 1.54. The van der Waals surface area contributed by atoms with Crippen molar-refractivity contribution in [1.29, 1.82) is 5.26 Å². The van der Waals surface area contributed by atoms with Crippen molar-refractivity contribution in [2.75, 3.05) is 0 Å². The lowest BCUT2D eigenvalue weighted by Crippen LogP contribution is -1.97. The molecule has 0 N–H and O–H groups in total. The third kappa shape index (κ3) is 3.02. The van der Waals surface area contributed by atoms with Gasteiger partial charge in [-0.2, -0.15) is 5.26 Å². The van der Waals surface area contributed by atoms with Crippen LogP contribution in [0.15, 0.2) is 65.7 Å². The zero-order valence-corrected chi connectivity index (χ0v) is 9.38. The maximum Gasteiger partial charge on any atom is 0.142 e. The van der Waals surface area contributed by atoms with Crippen LogP contribution in [0.3, 0.4) is 0 Å². The molecule has 2 aromatic carbocycles. The number of nitriles is 1. The van der Waals surface area contributed by atoms with Gasteiger partial charge in [0.2, 0.25) is 0 Å². The Hall–Kier alpha value is -2.40. The molecule has 0 fully saturated rings. The fraction of sp³-hybridized carbons (Fsp3) is 0.0667. The summed E-state index contributed by atoms with van der Waals surface area (Å²) in [6, 6.07) is 21.6. The second kappa shape index (κ2) is 5.62. The average Bonchev–Trinajstić information content (AvgIpc) is 2.42. The van der Waals surface area contributed by atoms with Crippen molar-refractivity contribution in [2.24, 2.45) is 4.99 Å². The van der Waals surface area contributed by atoms with Gasteiger partial charge in [0.05, 0.1) is 6.54 Å². The summed E-state index contributed by atoms with van der Waals surface area (Å²) in [5.41, 5.74) is 2.46. The van der Waals surface area contributed by atoms with Crippen molar-refractivity contribution < 1.29 is 0 Å². The molecule has 0 heterocycles. The predicted octanol–water partition coefficient (Wildman–Crippen LogP) is 3.20. The van der Waals surface area contributed by atoms with Gasteiger partial charge in [0.1, 0.15) is 11.8 Å². The van der Waals surface area contributed by atoms with Gasteiger partial charge in [0, 0.05) is 5.56 Å². The summed E-state index contributed by atoms with van der Waals surface area (Å²) in [5, 5.41) is 9.08. The standard InChI is InChI=1S/C15H12N2/c16-11-15(14-9-5-2-6-10-14)17-12-13-7-3-1-4-8-13/h1-10H,12H2. The molecule has 0 aromatic heterocycles. The third-order valence-corrected chi connectivity index (χ3v) is 2.42. The summed E-state index contributed by atoms with van der Waals surface area (Å²) in [6.07, 6.45) is 0. The molecule has 0 bridgehead atoms. The van der Waals surface area contributed by atoms with E-state index in [1.807, 2.05) is 60.7 Å². The number of hydrogen-bond donors (Lipinski definition) is 0. The molecule has 0 spiro atoms. The first kappa shape index (κ1) is 11.1. The molecule has 17 heavy (non-hydrogen) atoms. The Morgan fingerprint density at radius 3 is 2.12 bits per heavy atom. The molecule has 2 rings (SSSR count). The zero-order valence-electron chi connectivity index (χ0n) is 9.38. The second-order valence-electron chi connectivity index (χ2n) is 3.63. The number of benzene rings is 2. The summed E-state index contributed by atoms with van der Waals surface area (Å²) in [4.78, 5) is 4.34. The molecule has 2 heteroatoms. The van der Waals surface area contributed by atoms with E-state index in [0.29, 0.717) is 12.3 Å². The van der Waals surface area contributed by atoms with Crippen molar-refractivity contribution in [2.45, 2.75) is 6.54 Å². The molecule has 0 saturated heterocycles.